The molecule has 0 aromatic heterocycles. The summed E-state index contributed by atoms with van der Waals surface area (Å²) in [5.41, 5.74) is 4.24. The summed E-state index contributed by atoms with van der Waals surface area (Å²) >= 11 is 0. The molecule has 0 saturated carbocycles. The van der Waals surface area contributed by atoms with Gasteiger partial charge in [0.1, 0.15) is 0 Å². The second-order valence-electron chi connectivity index (χ2n) is 3.82. The maximum Gasteiger partial charge on any atom is 0.258 e. The number of benzene rings is 2. The minimum absolute atomic E-state index is 0.373. The van der Waals surface area contributed by atoms with Gasteiger partial charge in [-0.1, -0.05) is 12.1 Å². The molecule has 2 aromatic carbocycles. The van der Waals surface area contributed by atoms with E-state index in [0.29, 0.717) is 22.2 Å². The Morgan fingerprint density at radius 2 is 1.71 bits per heavy atom. The van der Waals surface area contributed by atoms with Crippen molar-refractivity contribution in [2.24, 2.45) is 5.84 Å². The third-order valence-electron chi connectivity index (χ3n) is 2.91. The molecule has 0 aliphatic carbocycles. The number of nitrogens with one attached hydrogen (secondary N) is 2. The van der Waals surface area contributed by atoms with Crippen molar-refractivity contribution in [3.63, 3.8) is 0 Å². The second-order valence-corrected chi connectivity index (χ2v) is 3.82. The van der Waals surface area contributed by atoms with Crippen LogP contribution in [0.1, 0.15) is 20.7 Å². The lowest BCUT2D eigenvalue weighted by molar-refractivity contribution is 0.0845. The molecule has 0 radical (unpaired) electrons. The van der Waals surface area contributed by atoms with Crippen LogP contribution in [0.25, 0.3) is 10.8 Å². The molecule has 0 bridgehead atoms. The smallest absolute Gasteiger partial charge is 0.258 e. The second kappa shape index (κ2) is 3.29. The number of amides is 2. The van der Waals surface area contributed by atoms with Crippen molar-refractivity contribution in [3.8, 4) is 0 Å². The van der Waals surface area contributed by atoms with Crippen molar-refractivity contribution < 1.29 is 9.59 Å². The van der Waals surface area contributed by atoms with Crippen LogP contribution < -0.4 is 16.6 Å². The van der Waals surface area contributed by atoms with Crippen LogP contribution in [0.2, 0.25) is 0 Å². The highest BCUT2D eigenvalue weighted by molar-refractivity contribution is 6.26. The first-order valence-corrected chi connectivity index (χ1v) is 5.10. The van der Waals surface area contributed by atoms with Gasteiger partial charge in [0.05, 0.1) is 5.69 Å². The Bertz CT molecular complexity index is 644. The molecular weight excluding hydrogens is 218 g/mol. The Labute approximate surface area is 96.6 Å². The van der Waals surface area contributed by atoms with E-state index in [2.05, 4.69) is 10.7 Å². The fraction of sp³-hybridized carbons (Fsp3) is 0. The van der Waals surface area contributed by atoms with E-state index in [1.54, 1.807) is 24.3 Å². The molecule has 0 atom stereocenters. The van der Waals surface area contributed by atoms with E-state index in [4.69, 9.17) is 5.84 Å². The van der Waals surface area contributed by atoms with E-state index in [9.17, 15) is 9.59 Å². The molecule has 1 aliphatic heterocycles. The molecule has 5 nitrogen and oxygen atoms in total. The summed E-state index contributed by atoms with van der Waals surface area (Å²) in [6.07, 6.45) is 0. The molecule has 0 saturated heterocycles. The maximum atomic E-state index is 11.7. The summed E-state index contributed by atoms with van der Waals surface area (Å²) < 4.78 is 0. The van der Waals surface area contributed by atoms with Gasteiger partial charge in [0.25, 0.3) is 11.8 Å². The Balaban J connectivity index is 2.51. The van der Waals surface area contributed by atoms with Crippen molar-refractivity contribution >= 4 is 28.3 Å². The van der Waals surface area contributed by atoms with Crippen LogP contribution in [0.4, 0.5) is 5.69 Å². The van der Waals surface area contributed by atoms with Gasteiger partial charge in [0.15, 0.2) is 0 Å². The van der Waals surface area contributed by atoms with Crippen molar-refractivity contribution in [1.82, 2.24) is 5.32 Å². The average Bonchev–Trinajstić information content (AvgIpc) is 2.35. The Kier molecular flexibility index (Phi) is 1.90. The predicted octanol–water partition coefficient (Wildman–Crippen LogP) is 1.01. The summed E-state index contributed by atoms with van der Waals surface area (Å²) in [6, 6.07) is 8.65. The molecule has 2 amide bonds. The SMILES string of the molecule is NNc1ccc2c3c(cccc13)C(=O)NC2=O. The monoisotopic (exact) mass is 227 g/mol. The highest BCUT2D eigenvalue weighted by Gasteiger charge is 2.25. The molecule has 1 aliphatic rings. The van der Waals surface area contributed by atoms with Gasteiger partial charge in [-0.2, -0.15) is 0 Å². The van der Waals surface area contributed by atoms with Crippen molar-refractivity contribution in [2.75, 3.05) is 5.43 Å². The number of hydrogen-bond acceptors (Lipinski definition) is 4. The number of rotatable bonds is 1. The highest BCUT2D eigenvalue weighted by Crippen LogP contribution is 2.31. The fourth-order valence-electron chi connectivity index (χ4n) is 2.15. The summed E-state index contributed by atoms with van der Waals surface area (Å²) in [5, 5.41) is 3.72. The van der Waals surface area contributed by atoms with E-state index in [1.165, 1.54) is 0 Å². The highest BCUT2D eigenvalue weighted by atomic mass is 16.2. The molecular formula is C12H9N3O2. The Morgan fingerprint density at radius 1 is 1.00 bits per heavy atom. The molecule has 1 heterocycles. The number of hydrazine groups is 1. The van der Waals surface area contributed by atoms with Crippen LogP contribution in [0.3, 0.4) is 0 Å². The molecule has 0 spiro atoms. The standard InChI is InChI=1S/C12H9N3O2/c13-15-9-5-4-8-10-6(9)2-1-3-7(10)11(16)14-12(8)17/h1-5,15H,13H2,(H,14,16,17). The van der Waals surface area contributed by atoms with Gasteiger partial charge < -0.3 is 5.43 Å². The number of hydrogen-bond donors (Lipinski definition) is 3. The summed E-state index contributed by atoms with van der Waals surface area (Å²) in [7, 11) is 0. The lowest BCUT2D eigenvalue weighted by atomic mass is 9.94. The minimum atomic E-state index is -0.373. The zero-order valence-electron chi connectivity index (χ0n) is 8.78. The fourth-order valence-corrected chi connectivity index (χ4v) is 2.15. The topological polar surface area (TPSA) is 84.2 Å². The van der Waals surface area contributed by atoms with Gasteiger partial charge in [-0.15, -0.1) is 0 Å². The van der Waals surface area contributed by atoms with Crippen LogP contribution in [0.5, 0.6) is 0 Å². The van der Waals surface area contributed by atoms with Gasteiger partial charge >= 0.3 is 0 Å². The predicted molar refractivity (Wildman–Crippen MR) is 63.6 cm³/mol. The number of imide groups is 1. The van der Waals surface area contributed by atoms with E-state index in [0.717, 1.165) is 5.39 Å². The van der Waals surface area contributed by atoms with E-state index < -0.39 is 0 Å². The lowest BCUT2D eigenvalue weighted by Crippen LogP contribution is -2.34. The zero-order valence-corrected chi connectivity index (χ0v) is 8.78. The number of carbonyl (C=O) groups excluding carboxylic acids is 2. The van der Waals surface area contributed by atoms with E-state index in [1.807, 2.05) is 6.07 Å². The third kappa shape index (κ3) is 1.23. The summed E-state index contributed by atoms with van der Waals surface area (Å²) in [6.45, 7) is 0. The molecule has 84 valence electrons. The van der Waals surface area contributed by atoms with Gasteiger partial charge in [-0.3, -0.25) is 20.7 Å². The number of nitrogen functional groups attached to an aromatic ring is 1. The Morgan fingerprint density at radius 3 is 2.41 bits per heavy atom. The largest absolute Gasteiger partial charge is 0.324 e. The van der Waals surface area contributed by atoms with Crippen molar-refractivity contribution in [3.05, 3.63) is 41.5 Å². The van der Waals surface area contributed by atoms with Gasteiger partial charge in [-0.25, -0.2) is 0 Å². The van der Waals surface area contributed by atoms with Crippen molar-refractivity contribution in [2.45, 2.75) is 0 Å². The number of nitrogens with two attached hydrogens (primary N) is 1. The van der Waals surface area contributed by atoms with Crippen LogP contribution >= 0.6 is 0 Å². The summed E-state index contributed by atoms with van der Waals surface area (Å²) in [5.74, 6) is 4.66. The molecule has 4 N–H and O–H groups in total. The van der Waals surface area contributed by atoms with Gasteiger partial charge in [0, 0.05) is 21.9 Å². The lowest BCUT2D eigenvalue weighted by Gasteiger charge is -2.18. The van der Waals surface area contributed by atoms with Crippen LogP contribution in [-0.2, 0) is 0 Å². The molecule has 0 unspecified atom stereocenters. The zero-order chi connectivity index (χ0) is 12.0. The average molecular weight is 227 g/mol. The first-order chi connectivity index (χ1) is 8.22. The molecule has 3 rings (SSSR count). The first kappa shape index (κ1) is 9.80. The van der Waals surface area contributed by atoms with Gasteiger partial charge in [0.2, 0.25) is 0 Å². The molecule has 2 aromatic rings. The third-order valence-corrected chi connectivity index (χ3v) is 2.91. The van der Waals surface area contributed by atoms with Crippen molar-refractivity contribution in [1.29, 1.82) is 0 Å². The van der Waals surface area contributed by atoms with Crippen LogP contribution in [0.15, 0.2) is 30.3 Å². The number of anilines is 1. The molecule has 0 fully saturated rings. The normalized spacial score (nSPS) is 13.7. The maximum absolute atomic E-state index is 11.7. The van der Waals surface area contributed by atoms with Gasteiger partial charge in [-0.05, 0) is 18.2 Å². The Hall–Kier alpha value is -2.40. The van der Waals surface area contributed by atoms with E-state index in [-0.39, 0.29) is 11.8 Å². The van der Waals surface area contributed by atoms with E-state index >= 15 is 0 Å². The van der Waals surface area contributed by atoms with Crippen LogP contribution in [0, 0.1) is 0 Å². The quantitative estimate of drug-likeness (QED) is 0.385. The molecule has 17 heavy (non-hydrogen) atoms. The minimum Gasteiger partial charge on any atom is -0.324 e. The molecule has 5 heteroatoms. The first-order valence-electron chi connectivity index (χ1n) is 5.10. The summed E-state index contributed by atoms with van der Waals surface area (Å²) in [4.78, 5) is 23.4. The van der Waals surface area contributed by atoms with Crippen LogP contribution in [-0.4, -0.2) is 11.8 Å². The number of carbonyl (C=O) groups is 2.